The SMILES string of the molecule is COC(=O)c1cccc(NC(=O)C(=O)Nc2cc(OC)c(OC)c(OC)c2)c1. The highest BCUT2D eigenvalue weighted by Crippen LogP contribution is 2.39. The fraction of sp³-hybridized carbons (Fsp3) is 0.211. The second kappa shape index (κ2) is 9.26. The molecule has 0 radical (unpaired) electrons. The summed E-state index contributed by atoms with van der Waals surface area (Å²) in [6, 6.07) is 9.00. The number of ether oxygens (including phenoxy) is 4. The normalized spacial score (nSPS) is 9.86. The van der Waals surface area contributed by atoms with Crippen LogP contribution in [-0.2, 0) is 14.3 Å². The van der Waals surface area contributed by atoms with E-state index < -0.39 is 17.8 Å². The Balaban J connectivity index is 2.15. The van der Waals surface area contributed by atoms with Crippen LogP contribution in [0.1, 0.15) is 10.4 Å². The maximum atomic E-state index is 12.2. The lowest BCUT2D eigenvalue weighted by Crippen LogP contribution is -2.29. The molecular formula is C19H20N2O7. The van der Waals surface area contributed by atoms with E-state index in [9.17, 15) is 14.4 Å². The van der Waals surface area contributed by atoms with Gasteiger partial charge in [-0.25, -0.2) is 4.79 Å². The number of esters is 1. The Morgan fingerprint density at radius 2 is 1.32 bits per heavy atom. The fourth-order valence-corrected chi connectivity index (χ4v) is 2.37. The van der Waals surface area contributed by atoms with Crippen LogP contribution < -0.4 is 24.8 Å². The Bertz CT molecular complexity index is 871. The molecule has 0 aliphatic carbocycles. The zero-order valence-corrected chi connectivity index (χ0v) is 15.8. The molecule has 28 heavy (non-hydrogen) atoms. The highest BCUT2D eigenvalue weighted by Gasteiger charge is 2.18. The molecule has 9 heteroatoms. The van der Waals surface area contributed by atoms with Crippen LogP contribution in [0.5, 0.6) is 17.2 Å². The smallest absolute Gasteiger partial charge is 0.337 e. The Morgan fingerprint density at radius 3 is 1.82 bits per heavy atom. The van der Waals surface area contributed by atoms with Crippen molar-refractivity contribution in [2.24, 2.45) is 0 Å². The Morgan fingerprint density at radius 1 is 0.750 bits per heavy atom. The summed E-state index contributed by atoms with van der Waals surface area (Å²) < 4.78 is 20.2. The summed E-state index contributed by atoms with van der Waals surface area (Å²) in [4.78, 5) is 35.9. The van der Waals surface area contributed by atoms with E-state index in [0.29, 0.717) is 17.2 Å². The summed E-state index contributed by atoms with van der Waals surface area (Å²) in [6.45, 7) is 0. The summed E-state index contributed by atoms with van der Waals surface area (Å²) in [5, 5.41) is 4.87. The number of amides is 2. The lowest BCUT2D eigenvalue weighted by atomic mass is 10.2. The molecule has 2 amide bonds. The average molecular weight is 388 g/mol. The average Bonchev–Trinajstić information content (AvgIpc) is 2.72. The van der Waals surface area contributed by atoms with Crippen molar-refractivity contribution in [1.82, 2.24) is 0 Å². The molecule has 0 aromatic heterocycles. The molecule has 0 fully saturated rings. The van der Waals surface area contributed by atoms with Crippen molar-refractivity contribution in [2.45, 2.75) is 0 Å². The number of benzene rings is 2. The Hall–Kier alpha value is -3.75. The van der Waals surface area contributed by atoms with Gasteiger partial charge < -0.3 is 29.6 Å². The first-order valence-corrected chi connectivity index (χ1v) is 8.04. The van der Waals surface area contributed by atoms with E-state index in [2.05, 4.69) is 15.4 Å². The number of hydrogen-bond donors (Lipinski definition) is 2. The van der Waals surface area contributed by atoms with Gasteiger partial charge >= 0.3 is 17.8 Å². The molecule has 2 aromatic rings. The molecule has 2 N–H and O–H groups in total. The minimum atomic E-state index is -0.921. The topological polar surface area (TPSA) is 112 Å². The van der Waals surface area contributed by atoms with Gasteiger partial charge in [0, 0.05) is 23.5 Å². The van der Waals surface area contributed by atoms with Crippen LogP contribution in [0, 0.1) is 0 Å². The monoisotopic (exact) mass is 388 g/mol. The van der Waals surface area contributed by atoms with E-state index >= 15 is 0 Å². The molecule has 0 atom stereocenters. The lowest BCUT2D eigenvalue weighted by Gasteiger charge is -2.14. The zero-order valence-electron chi connectivity index (χ0n) is 15.8. The number of rotatable bonds is 6. The van der Waals surface area contributed by atoms with Gasteiger partial charge in [-0.05, 0) is 18.2 Å². The molecule has 2 aromatic carbocycles. The minimum Gasteiger partial charge on any atom is -0.493 e. The first-order chi connectivity index (χ1) is 13.4. The predicted molar refractivity (Wildman–Crippen MR) is 101 cm³/mol. The zero-order chi connectivity index (χ0) is 20.7. The van der Waals surface area contributed by atoms with E-state index in [1.807, 2.05) is 0 Å². The number of carbonyl (C=O) groups is 3. The molecule has 2 rings (SSSR count). The van der Waals surface area contributed by atoms with Gasteiger partial charge in [-0.1, -0.05) is 6.07 Å². The van der Waals surface area contributed by atoms with Gasteiger partial charge in [0.05, 0.1) is 34.0 Å². The number of methoxy groups -OCH3 is 4. The van der Waals surface area contributed by atoms with E-state index in [0.717, 1.165) is 0 Å². The molecule has 0 aliphatic rings. The summed E-state index contributed by atoms with van der Waals surface area (Å²) in [6.07, 6.45) is 0. The first kappa shape index (κ1) is 20.6. The molecule has 0 saturated heterocycles. The molecule has 0 aliphatic heterocycles. The second-order valence-corrected chi connectivity index (χ2v) is 5.39. The third kappa shape index (κ3) is 4.70. The van der Waals surface area contributed by atoms with Crippen molar-refractivity contribution < 1.29 is 33.3 Å². The Labute approximate surface area is 161 Å². The minimum absolute atomic E-state index is 0.241. The van der Waals surface area contributed by atoms with Crippen LogP contribution in [-0.4, -0.2) is 46.2 Å². The van der Waals surface area contributed by atoms with Gasteiger partial charge in [0.2, 0.25) is 5.75 Å². The third-order valence-electron chi connectivity index (χ3n) is 3.67. The van der Waals surface area contributed by atoms with Crippen LogP contribution >= 0.6 is 0 Å². The van der Waals surface area contributed by atoms with Crippen LogP contribution in [0.15, 0.2) is 36.4 Å². The number of hydrogen-bond acceptors (Lipinski definition) is 7. The van der Waals surface area contributed by atoms with Gasteiger partial charge in [-0.2, -0.15) is 0 Å². The second-order valence-electron chi connectivity index (χ2n) is 5.39. The molecule has 0 spiro atoms. The van der Waals surface area contributed by atoms with Gasteiger partial charge in [0.15, 0.2) is 11.5 Å². The quantitative estimate of drug-likeness (QED) is 0.575. The standard InChI is InChI=1S/C19H20N2O7/c1-25-14-9-13(10-15(26-2)16(14)27-3)21-18(23)17(22)20-12-7-5-6-11(8-12)19(24)28-4/h5-10H,1-4H3,(H,20,22)(H,21,23). The van der Waals surface area contributed by atoms with Crippen molar-refractivity contribution in [3.63, 3.8) is 0 Å². The van der Waals surface area contributed by atoms with Crippen molar-refractivity contribution in [2.75, 3.05) is 39.1 Å². The summed E-state index contributed by atoms with van der Waals surface area (Å²) in [5.41, 5.74) is 0.788. The number of carbonyl (C=O) groups excluding carboxylic acids is 3. The van der Waals surface area contributed by atoms with Gasteiger partial charge in [0.1, 0.15) is 0 Å². The molecule has 0 bridgehead atoms. The summed E-state index contributed by atoms with van der Waals surface area (Å²) >= 11 is 0. The van der Waals surface area contributed by atoms with Crippen molar-refractivity contribution >= 4 is 29.2 Å². The largest absolute Gasteiger partial charge is 0.493 e. The molecule has 9 nitrogen and oxygen atoms in total. The van der Waals surface area contributed by atoms with Crippen molar-refractivity contribution in [3.8, 4) is 17.2 Å². The van der Waals surface area contributed by atoms with Crippen molar-refractivity contribution in [1.29, 1.82) is 0 Å². The van der Waals surface area contributed by atoms with Crippen LogP contribution in [0.25, 0.3) is 0 Å². The fourth-order valence-electron chi connectivity index (χ4n) is 2.37. The lowest BCUT2D eigenvalue weighted by molar-refractivity contribution is -0.133. The maximum absolute atomic E-state index is 12.2. The van der Waals surface area contributed by atoms with E-state index in [1.54, 1.807) is 6.07 Å². The van der Waals surface area contributed by atoms with Gasteiger partial charge in [-0.3, -0.25) is 9.59 Å². The van der Waals surface area contributed by atoms with E-state index in [1.165, 1.54) is 58.8 Å². The highest BCUT2D eigenvalue weighted by molar-refractivity contribution is 6.43. The summed E-state index contributed by atoms with van der Waals surface area (Å²) in [7, 11) is 5.57. The molecule has 0 saturated carbocycles. The van der Waals surface area contributed by atoms with Crippen molar-refractivity contribution in [3.05, 3.63) is 42.0 Å². The van der Waals surface area contributed by atoms with Gasteiger partial charge in [-0.15, -0.1) is 0 Å². The Kier molecular flexibility index (Phi) is 6.80. The number of nitrogens with one attached hydrogen (secondary N) is 2. The summed E-state index contributed by atoms with van der Waals surface area (Å²) in [5.74, 6) is -1.40. The molecule has 148 valence electrons. The first-order valence-electron chi connectivity index (χ1n) is 8.04. The molecule has 0 unspecified atom stereocenters. The van der Waals surface area contributed by atoms with Crippen LogP contribution in [0.2, 0.25) is 0 Å². The van der Waals surface area contributed by atoms with E-state index in [4.69, 9.17) is 14.2 Å². The number of anilines is 2. The predicted octanol–water partition coefficient (Wildman–Crippen LogP) is 2.08. The van der Waals surface area contributed by atoms with Crippen LogP contribution in [0.3, 0.4) is 0 Å². The highest BCUT2D eigenvalue weighted by atomic mass is 16.5. The molecule has 0 heterocycles. The van der Waals surface area contributed by atoms with Gasteiger partial charge in [0.25, 0.3) is 0 Å². The molecular weight excluding hydrogens is 368 g/mol. The van der Waals surface area contributed by atoms with Crippen LogP contribution in [0.4, 0.5) is 11.4 Å². The third-order valence-corrected chi connectivity index (χ3v) is 3.67. The van der Waals surface area contributed by atoms with E-state index in [-0.39, 0.29) is 16.9 Å². The maximum Gasteiger partial charge on any atom is 0.337 e.